The van der Waals surface area contributed by atoms with Crippen LogP contribution in [0.3, 0.4) is 0 Å². The van der Waals surface area contributed by atoms with Crippen molar-refractivity contribution in [1.82, 2.24) is 15.4 Å². The maximum Gasteiger partial charge on any atom is 0.273 e. The third kappa shape index (κ3) is 4.55. The fourth-order valence-electron chi connectivity index (χ4n) is 2.84. The molecule has 1 amide bonds. The molecule has 1 aromatic heterocycles. The van der Waals surface area contributed by atoms with E-state index in [1.165, 1.54) is 12.1 Å². The van der Waals surface area contributed by atoms with Crippen LogP contribution in [-0.4, -0.2) is 43.7 Å². The molecule has 0 aliphatic carbocycles. The molecule has 1 atom stereocenters. The number of halogens is 1. The third-order valence-corrected chi connectivity index (χ3v) is 4.45. The van der Waals surface area contributed by atoms with E-state index in [1.807, 2.05) is 43.3 Å². The number of hydrogen-bond acceptors (Lipinski definition) is 5. The number of nitrogens with zero attached hydrogens (tertiary/aromatic N) is 2. The molecule has 2 aromatic carbocycles. The minimum Gasteiger partial charge on any atom is -0.497 e. The fraction of sp³-hybridized carbons (Fsp3) is 0.238. The number of carbonyl (C=O) groups excluding carboxylic acids is 1. The first-order valence-electron chi connectivity index (χ1n) is 8.79. The molecule has 0 aliphatic rings. The van der Waals surface area contributed by atoms with E-state index in [-0.39, 0.29) is 23.5 Å². The van der Waals surface area contributed by atoms with Gasteiger partial charge in [0.25, 0.3) is 5.91 Å². The van der Waals surface area contributed by atoms with Crippen molar-refractivity contribution in [3.63, 3.8) is 0 Å². The highest BCUT2D eigenvalue weighted by Gasteiger charge is 2.18. The Morgan fingerprint density at radius 2 is 1.86 bits per heavy atom. The van der Waals surface area contributed by atoms with Gasteiger partial charge in [0.2, 0.25) is 0 Å². The Morgan fingerprint density at radius 3 is 2.46 bits per heavy atom. The third-order valence-electron chi connectivity index (χ3n) is 4.45. The van der Waals surface area contributed by atoms with Gasteiger partial charge in [-0.15, -0.1) is 0 Å². The number of aromatic nitrogens is 1. The second-order valence-electron chi connectivity index (χ2n) is 6.55. The summed E-state index contributed by atoms with van der Waals surface area (Å²) in [6.07, 6.45) is 0. The van der Waals surface area contributed by atoms with E-state index in [4.69, 9.17) is 9.26 Å². The second kappa shape index (κ2) is 8.67. The molecule has 3 aromatic rings. The number of rotatable bonds is 7. The van der Waals surface area contributed by atoms with Crippen molar-refractivity contribution in [1.29, 1.82) is 0 Å². The SMILES string of the molecule is COc1ccc(-c2cc(C(=O)NC[C@H](c3ccc(F)cc3)N(C)C)no2)cc1. The molecular formula is C21H22FN3O3. The van der Waals surface area contributed by atoms with Crippen LogP contribution in [0.25, 0.3) is 11.3 Å². The minimum absolute atomic E-state index is 0.0995. The van der Waals surface area contributed by atoms with Crippen molar-refractivity contribution < 1.29 is 18.4 Å². The molecule has 0 saturated carbocycles. The molecule has 0 aliphatic heterocycles. The number of amides is 1. The van der Waals surface area contributed by atoms with Crippen molar-refractivity contribution in [2.24, 2.45) is 0 Å². The van der Waals surface area contributed by atoms with E-state index < -0.39 is 0 Å². The molecule has 146 valence electrons. The van der Waals surface area contributed by atoms with Crippen molar-refractivity contribution >= 4 is 5.91 Å². The van der Waals surface area contributed by atoms with Gasteiger partial charge in [-0.1, -0.05) is 17.3 Å². The van der Waals surface area contributed by atoms with Crippen LogP contribution in [0.2, 0.25) is 0 Å². The molecule has 0 saturated heterocycles. The van der Waals surface area contributed by atoms with Crippen molar-refractivity contribution in [3.8, 4) is 17.1 Å². The Balaban J connectivity index is 1.67. The number of methoxy groups -OCH3 is 1. The average molecular weight is 383 g/mol. The number of nitrogens with one attached hydrogen (secondary N) is 1. The molecule has 3 rings (SSSR count). The first-order valence-corrected chi connectivity index (χ1v) is 8.79. The number of ether oxygens (including phenoxy) is 1. The van der Waals surface area contributed by atoms with Crippen LogP contribution < -0.4 is 10.1 Å². The van der Waals surface area contributed by atoms with Crippen molar-refractivity contribution in [3.05, 3.63) is 71.7 Å². The molecule has 1 N–H and O–H groups in total. The molecular weight excluding hydrogens is 361 g/mol. The standard InChI is InChI=1S/C21H22FN3O3/c1-25(2)19(14-4-8-16(22)9-5-14)13-23-21(26)18-12-20(28-24-18)15-6-10-17(27-3)11-7-15/h4-12,19H,13H2,1-3H3,(H,23,26)/t19-/m1/s1. The highest BCUT2D eigenvalue weighted by atomic mass is 19.1. The summed E-state index contributed by atoms with van der Waals surface area (Å²) in [6, 6.07) is 15.0. The van der Waals surface area contributed by atoms with Crippen LogP contribution in [0, 0.1) is 5.82 Å². The Labute approximate surface area is 162 Å². The van der Waals surface area contributed by atoms with Gasteiger partial charge in [0.15, 0.2) is 11.5 Å². The van der Waals surface area contributed by atoms with E-state index in [2.05, 4.69) is 10.5 Å². The lowest BCUT2D eigenvalue weighted by Gasteiger charge is -2.25. The Kier molecular flexibility index (Phi) is 6.06. The summed E-state index contributed by atoms with van der Waals surface area (Å²) in [5.74, 6) is 0.601. The topological polar surface area (TPSA) is 67.6 Å². The van der Waals surface area contributed by atoms with Gasteiger partial charge in [-0.05, 0) is 56.1 Å². The molecule has 0 fully saturated rings. The second-order valence-corrected chi connectivity index (χ2v) is 6.55. The summed E-state index contributed by atoms with van der Waals surface area (Å²) in [5.41, 5.74) is 1.90. The Morgan fingerprint density at radius 1 is 1.18 bits per heavy atom. The monoisotopic (exact) mass is 383 g/mol. The summed E-state index contributed by atoms with van der Waals surface area (Å²) in [5, 5.41) is 6.72. The van der Waals surface area contributed by atoms with Crippen LogP contribution >= 0.6 is 0 Å². The lowest BCUT2D eigenvalue weighted by molar-refractivity contribution is 0.0933. The van der Waals surface area contributed by atoms with Crippen LogP contribution in [0.4, 0.5) is 4.39 Å². The van der Waals surface area contributed by atoms with Crippen LogP contribution in [0.5, 0.6) is 5.75 Å². The van der Waals surface area contributed by atoms with Crippen molar-refractivity contribution in [2.75, 3.05) is 27.7 Å². The first kappa shape index (κ1) is 19.6. The quantitative estimate of drug-likeness (QED) is 0.676. The molecule has 7 heteroatoms. The van der Waals surface area contributed by atoms with E-state index in [1.54, 1.807) is 25.3 Å². The molecule has 0 spiro atoms. The van der Waals surface area contributed by atoms with E-state index in [0.717, 1.165) is 16.9 Å². The molecule has 28 heavy (non-hydrogen) atoms. The lowest BCUT2D eigenvalue weighted by Crippen LogP contribution is -2.34. The number of benzene rings is 2. The van der Waals surface area contributed by atoms with Gasteiger partial charge in [0, 0.05) is 18.2 Å². The minimum atomic E-state index is -0.336. The van der Waals surface area contributed by atoms with Gasteiger partial charge >= 0.3 is 0 Å². The van der Waals surface area contributed by atoms with Crippen LogP contribution in [0.15, 0.2) is 59.1 Å². The van der Waals surface area contributed by atoms with E-state index in [0.29, 0.717) is 12.3 Å². The summed E-state index contributed by atoms with van der Waals surface area (Å²) in [7, 11) is 5.40. The molecule has 0 unspecified atom stereocenters. The predicted octanol–water partition coefficient (Wildman–Crippen LogP) is 3.52. The normalized spacial score (nSPS) is 12.0. The molecule has 0 bridgehead atoms. The fourth-order valence-corrected chi connectivity index (χ4v) is 2.84. The molecule has 6 nitrogen and oxygen atoms in total. The van der Waals surface area contributed by atoms with Crippen LogP contribution in [-0.2, 0) is 0 Å². The van der Waals surface area contributed by atoms with Gasteiger partial charge in [-0.3, -0.25) is 4.79 Å². The maximum atomic E-state index is 13.2. The summed E-state index contributed by atoms with van der Waals surface area (Å²) >= 11 is 0. The molecule has 0 radical (unpaired) electrons. The highest BCUT2D eigenvalue weighted by molar-refractivity contribution is 5.93. The van der Waals surface area contributed by atoms with Gasteiger partial charge in [0.1, 0.15) is 11.6 Å². The zero-order valence-electron chi connectivity index (χ0n) is 16.0. The zero-order chi connectivity index (χ0) is 20.1. The zero-order valence-corrected chi connectivity index (χ0v) is 16.0. The number of likely N-dealkylation sites (N-methyl/N-ethyl adjacent to an activating group) is 1. The van der Waals surface area contributed by atoms with Gasteiger partial charge < -0.3 is 19.5 Å². The van der Waals surface area contributed by atoms with Gasteiger partial charge in [0.05, 0.1) is 13.2 Å². The molecule has 1 heterocycles. The van der Waals surface area contributed by atoms with E-state index >= 15 is 0 Å². The first-order chi connectivity index (χ1) is 13.5. The summed E-state index contributed by atoms with van der Waals surface area (Å²) in [6.45, 7) is 0.349. The van der Waals surface area contributed by atoms with Gasteiger partial charge in [-0.25, -0.2) is 4.39 Å². The lowest BCUT2D eigenvalue weighted by atomic mass is 10.1. The summed E-state index contributed by atoms with van der Waals surface area (Å²) < 4.78 is 23.6. The maximum absolute atomic E-state index is 13.2. The van der Waals surface area contributed by atoms with Crippen molar-refractivity contribution in [2.45, 2.75) is 6.04 Å². The largest absolute Gasteiger partial charge is 0.497 e. The van der Waals surface area contributed by atoms with Crippen LogP contribution in [0.1, 0.15) is 22.1 Å². The highest BCUT2D eigenvalue weighted by Crippen LogP contribution is 2.23. The smallest absolute Gasteiger partial charge is 0.273 e. The number of carbonyl (C=O) groups is 1. The number of hydrogen-bond donors (Lipinski definition) is 1. The Hall–Kier alpha value is -3.19. The van der Waals surface area contributed by atoms with E-state index in [9.17, 15) is 9.18 Å². The Bertz CT molecular complexity index is 921. The average Bonchev–Trinajstić information content (AvgIpc) is 3.19. The predicted molar refractivity (Wildman–Crippen MR) is 104 cm³/mol. The van der Waals surface area contributed by atoms with Gasteiger partial charge in [-0.2, -0.15) is 0 Å². The summed E-state index contributed by atoms with van der Waals surface area (Å²) in [4.78, 5) is 14.4.